The molecule has 1 aromatic carbocycles. The van der Waals surface area contributed by atoms with E-state index >= 15 is 4.39 Å². The Bertz CT molecular complexity index is 1630. The Morgan fingerprint density at radius 2 is 2.05 bits per heavy atom. The molecule has 2 aromatic heterocycles. The van der Waals surface area contributed by atoms with Gasteiger partial charge in [0.15, 0.2) is 5.60 Å². The van der Waals surface area contributed by atoms with Crippen molar-refractivity contribution in [3.8, 4) is 11.4 Å². The number of alkyl halides is 1. The Morgan fingerprint density at radius 3 is 2.74 bits per heavy atom. The number of carbonyl (C=O) groups excluding carboxylic acids is 2. The van der Waals surface area contributed by atoms with Crippen molar-refractivity contribution in [3.63, 3.8) is 0 Å². The number of aryl methyl sites for hydroxylation is 1. The molecule has 2 aliphatic heterocycles. The highest BCUT2D eigenvalue weighted by molar-refractivity contribution is 14.1. The van der Waals surface area contributed by atoms with E-state index in [2.05, 4.69) is 22.6 Å². The predicted molar refractivity (Wildman–Crippen MR) is 147 cm³/mol. The van der Waals surface area contributed by atoms with Crippen LogP contribution in [0.4, 0.5) is 4.39 Å². The summed E-state index contributed by atoms with van der Waals surface area (Å²) < 4.78 is 22.2. The molecule has 0 spiro atoms. The van der Waals surface area contributed by atoms with E-state index in [0.29, 0.717) is 46.3 Å². The Kier molecular flexibility index (Phi) is 5.91. The summed E-state index contributed by atoms with van der Waals surface area (Å²) in [7, 11) is 0. The summed E-state index contributed by atoms with van der Waals surface area (Å²) in [4.78, 5) is 45.9. The molecule has 1 amide bonds. The molecule has 38 heavy (non-hydrogen) atoms. The van der Waals surface area contributed by atoms with Gasteiger partial charge in [0.2, 0.25) is 5.91 Å². The van der Waals surface area contributed by atoms with Crippen molar-refractivity contribution in [2.24, 2.45) is 0 Å². The Labute approximate surface area is 231 Å². The summed E-state index contributed by atoms with van der Waals surface area (Å²) in [5, 5.41) is 12.0. The third-order valence-electron chi connectivity index (χ3n) is 8.50. The molecule has 0 bridgehead atoms. The average molecular weight is 631 g/mol. The number of aliphatic hydroxyl groups is 1. The summed E-state index contributed by atoms with van der Waals surface area (Å²) in [6, 6.07) is 2.85. The lowest BCUT2D eigenvalue weighted by molar-refractivity contribution is -0.172. The van der Waals surface area contributed by atoms with Gasteiger partial charge in [0.25, 0.3) is 5.56 Å². The van der Waals surface area contributed by atoms with Crippen LogP contribution < -0.4 is 5.56 Å². The molecule has 8 nitrogen and oxygen atoms in total. The number of nitrogens with zero attached hydrogens (tertiary/aromatic N) is 3. The molecule has 0 saturated carbocycles. The normalized spacial score (nSPS) is 21.1. The quantitative estimate of drug-likeness (QED) is 0.209. The van der Waals surface area contributed by atoms with Gasteiger partial charge in [0.05, 0.1) is 39.5 Å². The van der Waals surface area contributed by atoms with Crippen molar-refractivity contribution in [1.82, 2.24) is 14.5 Å². The fourth-order valence-corrected chi connectivity index (χ4v) is 6.93. The fraction of sp³-hybridized carbons (Fsp3) is 0.429. The topological polar surface area (TPSA) is 102 Å². The van der Waals surface area contributed by atoms with Gasteiger partial charge in [-0.2, -0.15) is 0 Å². The van der Waals surface area contributed by atoms with E-state index in [0.717, 1.165) is 22.1 Å². The van der Waals surface area contributed by atoms with E-state index in [1.807, 2.05) is 11.8 Å². The number of halogens is 2. The van der Waals surface area contributed by atoms with Crippen LogP contribution in [-0.2, 0) is 39.5 Å². The van der Waals surface area contributed by atoms with E-state index in [4.69, 9.17) is 9.72 Å². The maximum Gasteiger partial charge on any atom is 0.343 e. The molecule has 0 radical (unpaired) electrons. The van der Waals surface area contributed by atoms with Gasteiger partial charge in [-0.25, -0.2) is 14.2 Å². The lowest BCUT2D eigenvalue weighted by atomic mass is 9.81. The standard InChI is InChI=1S/C28H27FIN3O5/c1-4-28(37)17-8-21-25-15(11-33(21)26(35)16(17)12-38-27(28)36)24-20(32(5-2)22(34)10-30)7-6-14-13(3)18(29)9-19(31-25)23(14)24/h8-9,20,37H,4-7,10-12H2,1-3H3/t20-,28-/m0/s1. The lowest BCUT2D eigenvalue weighted by Crippen LogP contribution is -2.44. The summed E-state index contributed by atoms with van der Waals surface area (Å²) in [6.07, 6.45) is 1.30. The molecule has 4 heterocycles. The number of carbonyl (C=O) groups is 2. The van der Waals surface area contributed by atoms with E-state index in [1.165, 1.54) is 6.07 Å². The number of aromatic nitrogens is 2. The second-order valence-electron chi connectivity index (χ2n) is 10.2. The van der Waals surface area contributed by atoms with Crippen LogP contribution in [0.15, 0.2) is 16.9 Å². The molecule has 1 N–H and O–H groups in total. The second-order valence-corrected chi connectivity index (χ2v) is 10.9. The number of esters is 1. The van der Waals surface area contributed by atoms with Crippen LogP contribution in [-0.4, -0.2) is 42.4 Å². The number of pyridine rings is 2. The Balaban J connectivity index is 1.68. The highest BCUT2D eigenvalue weighted by atomic mass is 127. The van der Waals surface area contributed by atoms with Crippen LogP contribution in [0.5, 0.6) is 0 Å². The minimum absolute atomic E-state index is 0.0194. The van der Waals surface area contributed by atoms with Gasteiger partial charge in [-0.3, -0.25) is 9.59 Å². The highest BCUT2D eigenvalue weighted by Crippen LogP contribution is 2.47. The molecule has 0 saturated heterocycles. The minimum atomic E-state index is -1.93. The fourth-order valence-electron chi connectivity index (χ4n) is 6.49. The number of hydrogen-bond acceptors (Lipinski definition) is 6. The monoisotopic (exact) mass is 631 g/mol. The van der Waals surface area contributed by atoms with Gasteiger partial charge in [-0.05, 0) is 55.9 Å². The first-order chi connectivity index (χ1) is 18.2. The largest absolute Gasteiger partial charge is 0.458 e. The molecule has 10 heteroatoms. The highest BCUT2D eigenvalue weighted by Gasteiger charge is 2.46. The third-order valence-corrected chi connectivity index (χ3v) is 9.15. The van der Waals surface area contributed by atoms with Gasteiger partial charge in [0, 0.05) is 29.1 Å². The van der Waals surface area contributed by atoms with Gasteiger partial charge in [0.1, 0.15) is 12.4 Å². The van der Waals surface area contributed by atoms with Gasteiger partial charge < -0.3 is 19.3 Å². The SMILES string of the molecule is CCN(C(=O)CI)[C@H]1CCc2c(C)c(F)cc3nc4c(c1c23)Cn1c-4cc2c(c1=O)COC(=O)[C@]2(O)CC. The number of cyclic esters (lactones) is 1. The number of fused-ring (bicyclic) bond motifs is 5. The van der Waals surface area contributed by atoms with Gasteiger partial charge in [-0.15, -0.1) is 0 Å². The first-order valence-electron chi connectivity index (χ1n) is 12.8. The summed E-state index contributed by atoms with van der Waals surface area (Å²) in [5.41, 5.74) is 2.87. The van der Waals surface area contributed by atoms with Crippen LogP contribution in [0, 0.1) is 12.7 Å². The number of rotatable bonds is 4. The number of benzene rings is 1. The second kappa shape index (κ2) is 8.84. The van der Waals surface area contributed by atoms with E-state index in [9.17, 15) is 19.5 Å². The van der Waals surface area contributed by atoms with Crippen LogP contribution >= 0.6 is 22.6 Å². The summed E-state index contributed by atoms with van der Waals surface area (Å²) in [6.45, 7) is 5.92. The first-order valence-corrected chi connectivity index (χ1v) is 14.4. The number of ether oxygens (including phenoxy) is 1. The van der Waals surface area contributed by atoms with Gasteiger partial charge in [-0.1, -0.05) is 29.5 Å². The smallest absolute Gasteiger partial charge is 0.343 e. The average Bonchev–Trinajstić information content (AvgIpc) is 3.29. The van der Waals surface area contributed by atoms with Crippen molar-refractivity contribution in [3.05, 3.63) is 61.7 Å². The zero-order valence-corrected chi connectivity index (χ0v) is 23.5. The number of amides is 1. The van der Waals surface area contributed by atoms with Crippen molar-refractivity contribution in [1.29, 1.82) is 0 Å². The van der Waals surface area contributed by atoms with Gasteiger partial charge >= 0.3 is 5.97 Å². The number of hydrogen-bond donors (Lipinski definition) is 1. The maximum absolute atomic E-state index is 15.0. The van der Waals surface area contributed by atoms with Crippen LogP contribution in [0.1, 0.15) is 66.1 Å². The molecule has 0 unspecified atom stereocenters. The molecular formula is C28H27FIN3O5. The van der Waals surface area contributed by atoms with Crippen LogP contribution in [0.2, 0.25) is 0 Å². The minimum Gasteiger partial charge on any atom is -0.458 e. The molecule has 3 aromatic rings. The third kappa shape index (κ3) is 3.28. The Hall–Kier alpha value is -2.86. The zero-order valence-electron chi connectivity index (χ0n) is 21.4. The maximum atomic E-state index is 15.0. The van der Waals surface area contributed by atoms with E-state index < -0.39 is 11.6 Å². The van der Waals surface area contributed by atoms with Crippen LogP contribution in [0.3, 0.4) is 0 Å². The van der Waals surface area contributed by atoms with E-state index in [1.54, 1.807) is 24.5 Å². The lowest BCUT2D eigenvalue weighted by Gasteiger charge is -2.36. The molecule has 1 aliphatic carbocycles. The Morgan fingerprint density at radius 1 is 1.29 bits per heavy atom. The van der Waals surface area contributed by atoms with Crippen LogP contribution in [0.25, 0.3) is 22.3 Å². The van der Waals surface area contributed by atoms with Crippen molar-refractivity contribution in [2.75, 3.05) is 11.0 Å². The molecule has 3 aliphatic rings. The van der Waals surface area contributed by atoms with Crippen molar-refractivity contribution in [2.45, 2.75) is 64.8 Å². The first kappa shape index (κ1) is 25.4. The summed E-state index contributed by atoms with van der Waals surface area (Å²) >= 11 is 2.07. The molecule has 198 valence electrons. The summed E-state index contributed by atoms with van der Waals surface area (Å²) in [5.74, 6) is -1.11. The molecular weight excluding hydrogens is 604 g/mol. The molecule has 0 fully saturated rings. The molecule has 6 rings (SSSR count). The molecule has 2 atom stereocenters. The van der Waals surface area contributed by atoms with Crippen molar-refractivity contribution >= 4 is 45.4 Å². The van der Waals surface area contributed by atoms with E-state index in [-0.39, 0.29) is 54.0 Å². The predicted octanol–water partition coefficient (Wildman–Crippen LogP) is 3.80. The van der Waals surface area contributed by atoms with Crippen molar-refractivity contribution < 1.29 is 23.8 Å². The zero-order chi connectivity index (χ0) is 27.1.